The van der Waals surface area contributed by atoms with E-state index in [1.807, 2.05) is 13.0 Å². The van der Waals surface area contributed by atoms with E-state index in [4.69, 9.17) is 0 Å². The van der Waals surface area contributed by atoms with Crippen molar-refractivity contribution in [3.05, 3.63) is 71.7 Å². The number of carbonyl (C=O) groups excluding carboxylic acids is 1. The maximum Gasteiger partial charge on any atom is 0.416 e. The van der Waals surface area contributed by atoms with Gasteiger partial charge in [-0.05, 0) is 85.5 Å². The van der Waals surface area contributed by atoms with Crippen LogP contribution in [0.4, 0.5) is 23.2 Å². The van der Waals surface area contributed by atoms with Crippen LogP contribution >= 0.6 is 0 Å². The molecule has 3 nitrogen and oxygen atoms in total. The molecule has 7 heteroatoms. The third-order valence-electron chi connectivity index (χ3n) is 6.53. The number of benzene rings is 2. The zero-order valence-corrected chi connectivity index (χ0v) is 17.6. The van der Waals surface area contributed by atoms with E-state index in [1.54, 1.807) is 12.3 Å². The van der Waals surface area contributed by atoms with Crippen LogP contribution in [0.1, 0.15) is 49.7 Å². The summed E-state index contributed by atoms with van der Waals surface area (Å²) >= 11 is 0. The first-order chi connectivity index (χ1) is 15.2. The molecule has 1 aliphatic carbocycles. The Kier molecular flexibility index (Phi) is 6.17. The lowest BCUT2D eigenvalue weighted by molar-refractivity contribution is -0.137. The molecule has 0 saturated heterocycles. The SMILES string of the molecule is C[C@@H](C(=O)Nc1cccc(C(F)(F)F)c1)C1CCC(c2ccnc3ccc(F)cc23)CC1. The summed E-state index contributed by atoms with van der Waals surface area (Å²) in [4.78, 5) is 17.0. The summed E-state index contributed by atoms with van der Waals surface area (Å²) < 4.78 is 52.5. The number of rotatable bonds is 4. The highest BCUT2D eigenvalue weighted by Gasteiger charge is 2.32. The first-order valence-electron chi connectivity index (χ1n) is 10.7. The zero-order chi connectivity index (χ0) is 22.9. The second-order valence-electron chi connectivity index (χ2n) is 8.53. The molecule has 3 aromatic rings. The predicted molar refractivity (Wildman–Crippen MR) is 116 cm³/mol. The van der Waals surface area contributed by atoms with Crippen molar-refractivity contribution < 1.29 is 22.4 Å². The van der Waals surface area contributed by atoms with Crippen molar-refractivity contribution in [3.8, 4) is 0 Å². The summed E-state index contributed by atoms with van der Waals surface area (Å²) in [6.45, 7) is 1.82. The molecule has 4 rings (SSSR count). The van der Waals surface area contributed by atoms with Crippen molar-refractivity contribution in [1.29, 1.82) is 0 Å². The van der Waals surface area contributed by atoms with Gasteiger partial charge in [0.15, 0.2) is 0 Å². The third kappa shape index (κ3) is 4.76. The Labute approximate surface area is 183 Å². The zero-order valence-electron chi connectivity index (χ0n) is 17.6. The van der Waals surface area contributed by atoms with E-state index in [-0.39, 0.29) is 35.2 Å². The molecule has 0 radical (unpaired) electrons. The third-order valence-corrected chi connectivity index (χ3v) is 6.53. The lowest BCUT2D eigenvalue weighted by Crippen LogP contribution is -2.29. The highest BCUT2D eigenvalue weighted by molar-refractivity contribution is 5.92. The minimum absolute atomic E-state index is 0.141. The van der Waals surface area contributed by atoms with Gasteiger partial charge in [-0.25, -0.2) is 4.39 Å². The van der Waals surface area contributed by atoms with Crippen LogP contribution in [0.3, 0.4) is 0 Å². The van der Waals surface area contributed by atoms with Crippen molar-refractivity contribution in [2.24, 2.45) is 11.8 Å². The van der Waals surface area contributed by atoms with Crippen LogP contribution in [-0.4, -0.2) is 10.9 Å². The normalized spacial score (nSPS) is 20.2. The highest BCUT2D eigenvalue weighted by atomic mass is 19.4. The number of pyridine rings is 1. The summed E-state index contributed by atoms with van der Waals surface area (Å²) in [7, 11) is 0. The van der Waals surface area contributed by atoms with Crippen LogP contribution in [0.25, 0.3) is 10.9 Å². The molecule has 0 bridgehead atoms. The Bertz CT molecular complexity index is 1120. The number of fused-ring (bicyclic) bond motifs is 1. The van der Waals surface area contributed by atoms with Crippen LogP contribution < -0.4 is 5.32 Å². The van der Waals surface area contributed by atoms with Gasteiger partial charge in [0.25, 0.3) is 0 Å². The fourth-order valence-corrected chi connectivity index (χ4v) is 4.67. The molecule has 1 N–H and O–H groups in total. The molecule has 1 amide bonds. The molecule has 0 unspecified atom stereocenters. The van der Waals surface area contributed by atoms with Gasteiger partial charge in [0.2, 0.25) is 5.91 Å². The molecule has 0 spiro atoms. The molecule has 1 atom stereocenters. The van der Waals surface area contributed by atoms with E-state index in [1.165, 1.54) is 24.3 Å². The highest BCUT2D eigenvalue weighted by Crippen LogP contribution is 2.41. The number of aromatic nitrogens is 1. The Morgan fingerprint density at radius 3 is 2.53 bits per heavy atom. The minimum atomic E-state index is -4.45. The molecular weight excluding hydrogens is 420 g/mol. The quantitative estimate of drug-likeness (QED) is 0.443. The molecule has 1 aromatic heterocycles. The van der Waals surface area contributed by atoms with Gasteiger partial charge in [-0.15, -0.1) is 0 Å². The first-order valence-corrected chi connectivity index (χ1v) is 10.7. The van der Waals surface area contributed by atoms with E-state index in [9.17, 15) is 22.4 Å². The van der Waals surface area contributed by atoms with Crippen molar-refractivity contribution in [2.75, 3.05) is 5.32 Å². The lowest BCUT2D eigenvalue weighted by atomic mass is 9.73. The molecule has 32 heavy (non-hydrogen) atoms. The van der Waals surface area contributed by atoms with Crippen LogP contribution in [0.5, 0.6) is 0 Å². The number of anilines is 1. The predicted octanol–water partition coefficient (Wildman–Crippen LogP) is 6.94. The minimum Gasteiger partial charge on any atom is -0.326 e. The van der Waals surface area contributed by atoms with Crippen molar-refractivity contribution in [1.82, 2.24) is 4.98 Å². The molecule has 1 aliphatic rings. The number of alkyl halides is 3. The molecule has 1 fully saturated rings. The lowest BCUT2D eigenvalue weighted by Gasteiger charge is -2.32. The fraction of sp³-hybridized carbons (Fsp3) is 0.360. The molecule has 168 valence electrons. The van der Waals surface area contributed by atoms with E-state index in [2.05, 4.69) is 10.3 Å². The molecule has 1 saturated carbocycles. The van der Waals surface area contributed by atoms with Crippen molar-refractivity contribution in [2.45, 2.75) is 44.7 Å². The van der Waals surface area contributed by atoms with Crippen LogP contribution in [-0.2, 0) is 11.0 Å². The second kappa shape index (κ2) is 8.88. The van der Waals surface area contributed by atoms with E-state index >= 15 is 0 Å². The van der Waals surface area contributed by atoms with Gasteiger partial charge >= 0.3 is 6.18 Å². The van der Waals surface area contributed by atoms with Crippen LogP contribution in [0, 0.1) is 17.7 Å². The van der Waals surface area contributed by atoms with Gasteiger partial charge in [0.05, 0.1) is 11.1 Å². The number of nitrogens with zero attached hydrogens (tertiary/aromatic N) is 1. The average Bonchev–Trinajstić information content (AvgIpc) is 2.78. The van der Waals surface area contributed by atoms with Gasteiger partial charge in [-0.2, -0.15) is 13.2 Å². The standard InChI is InChI=1S/C25H24F4N2O/c1-15(24(32)31-20-4-2-3-18(13-20)25(27,28)29)16-5-7-17(8-6-16)21-11-12-30-23-10-9-19(26)14-22(21)23/h2-4,9-17H,5-8H2,1H3,(H,31,32)/t15-,16?,17?/m1/s1. The summed E-state index contributed by atoms with van der Waals surface area (Å²) in [5.41, 5.74) is 1.20. The fourth-order valence-electron chi connectivity index (χ4n) is 4.67. The van der Waals surface area contributed by atoms with Gasteiger partial charge in [0, 0.05) is 23.2 Å². The largest absolute Gasteiger partial charge is 0.416 e. The average molecular weight is 444 g/mol. The molecule has 1 heterocycles. The Morgan fingerprint density at radius 2 is 1.81 bits per heavy atom. The Morgan fingerprint density at radius 1 is 1.06 bits per heavy atom. The maximum absolute atomic E-state index is 13.8. The topological polar surface area (TPSA) is 42.0 Å². The van der Waals surface area contributed by atoms with Crippen LogP contribution in [0.15, 0.2) is 54.7 Å². The number of nitrogens with one attached hydrogen (secondary N) is 1. The van der Waals surface area contributed by atoms with Crippen molar-refractivity contribution >= 4 is 22.5 Å². The van der Waals surface area contributed by atoms with E-state index in [0.717, 1.165) is 54.3 Å². The number of hydrogen-bond acceptors (Lipinski definition) is 2. The van der Waals surface area contributed by atoms with Crippen molar-refractivity contribution in [3.63, 3.8) is 0 Å². The van der Waals surface area contributed by atoms with Gasteiger partial charge in [-0.1, -0.05) is 13.0 Å². The number of hydrogen-bond donors (Lipinski definition) is 1. The number of amides is 1. The molecule has 0 aliphatic heterocycles. The first kappa shape index (κ1) is 22.2. The number of carbonyl (C=O) groups is 1. The Balaban J connectivity index is 1.40. The van der Waals surface area contributed by atoms with E-state index in [0.29, 0.717) is 0 Å². The molecular formula is C25H24F4N2O. The van der Waals surface area contributed by atoms with Gasteiger partial charge in [0.1, 0.15) is 5.82 Å². The summed E-state index contributed by atoms with van der Waals surface area (Å²) in [5.74, 6) is -0.485. The summed E-state index contributed by atoms with van der Waals surface area (Å²) in [6, 6.07) is 11.2. The summed E-state index contributed by atoms with van der Waals surface area (Å²) in [5, 5.41) is 3.46. The summed E-state index contributed by atoms with van der Waals surface area (Å²) in [6.07, 6.45) is 0.655. The monoisotopic (exact) mass is 444 g/mol. The van der Waals surface area contributed by atoms with Gasteiger partial charge in [-0.3, -0.25) is 9.78 Å². The maximum atomic E-state index is 13.8. The van der Waals surface area contributed by atoms with E-state index < -0.39 is 11.7 Å². The second-order valence-corrected chi connectivity index (χ2v) is 8.53. The molecule has 2 aromatic carbocycles. The van der Waals surface area contributed by atoms with Crippen LogP contribution in [0.2, 0.25) is 0 Å². The Hall–Kier alpha value is -2.96. The van der Waals surface area contributed by atoms with Gasteiger partial charge < -0.3 is 5.32 Å². The number of halogens is 4. The smallest absolute Gasteiger partial charge is 0.326 e.